The number of hydrogen-bond donors (Lipinski definition) is 2. The average molecular weight is 267 g/mol. The fraction of sp³-hybridized carbons (Fsp3) is 0.571. The molecule has 4 unspecified atom stereocenters. The van der Waals surface area contributed by atoms with Crippen molar-refractivity contribution >= 4 is 23.0 Å². The number of benzene rings is 1. The van der Waals surface area contributed by atoms with Gasteiger partial charge in [-0.05, 0) is 49.0 Å². The molecule has 0 heterocycles. The molecule has 4 heteroatoms. The quantitative estimate of drug-likeness (QED) is 0.804. The Kier molecular flexibility index (Phi) is 2.14. The number of nitrogens with one attached hydrogen (secondary N) is 1. The molecule has 2 nitrogen and oxygen atoms in total. The second-order valence-electron chi connectivity index (χ2n) is 6.01. The van der Waals surface area contributed by atoms with Gasteiger partial charge in [0.05, 0.1) is 16.4 Å². The minimum atomic E-state index is -0.448. The van der Waals surface area contributed by atoms with Crippen molar-refractivity contribution in [2.45, 2.75) is 25.3 Å². The van der Waals surface area contributed by atoms with Gasteiger partial charge in [0.15, 0.2) is 0 Å². The first-order valence-electron chi connectivity index (χ1n) is 6.66. The van der Waals surface area contributed by atoms with Gasteiger partial charge >= 0.3 is 0 Å². The number of halogens is 2. The number of rotatable bonds is 2. The maximum Gasteiger partial charge on any atom is 0.143 e. The van der Waals surface area contributed by atoms with Crippen LogP contribution >= 0.6 is 11.6 Å². The zero-order chi connectivity index (χ0) is 12.4. The molecule has 0 amide bonds. The number of nitrogen functional groups attached to an aromatic ring is 1. The molecule has 0 spiro atoms. The van der Waals surface area contributed by atoms with E-state index in [-0.39, 0.29) is 5.02 Å². The van der Waals surface area contributed by atoms with Gasteiger partial charge < -0.3 is 11.1 Å². The summed E-state index contributed by atoms with van der Waals surface area (Å²) in [7, 11) is 0. The molecule has 3 aliphatic carbocycles. The van der Waals surface area contributed by atoms with Crippen LogP contribution in [-0.2, 0) is 0 Å². The largest absolute Gasteiger partial charge is 0.397 e. The third kappa shape index (κ3) is 1.40. The van der Waals surface area contributed by atoms with Crippen molar-refractivity contribution in [2.75, 3.05) is 11.1 Å². The topological polar surface area (TPSA) is 38.0 Å². The lowest BCUT2D eigenvalue weighted by Crippen LogP contribution is -2.14. The van der Waals surface area contributed by atoms with Gasteiger partial charge in [0, 0.05) is 12.1 Å². The summed E-state index contributed by atoms with van der Waals surface area (Å²) in [4.78, 5) is 0. The summed E-state index contributed by atoms with van der Waals surface area (Å²) in [6.07, 6.45) is 4.21. The van der Waals surface area contributed by atoms with Crippen molar-refractivity contribution in [1.29, 1.82) is 0 Å². The first-order valence-corrected chi connectivity index (χ1v) is 7.04. The van der Waals surface area contributed by atoms with Crippen molar-refractivity contribution in [3.8, 4) is 0 Å². The smallest absolute Gasteiger partial charge is 0.143 e. The van der Waals surface area contributed by atoms with Gasteiger partial charge in [-0.3, -0.25) is 0 Å². The molecule has 96 valence electrons. The summed E-state index contributed by atoms with van der Waals surface area (Å²) in [5.41, 5.74) is 7.09. The number of anilines is 2. The van der Waals surface area contributed by atoms with Gasteiger partial charge in [0.1, 0.15) is 5.82 Å². The highest BCUT2D eigenvalue weighted by Gasteiger charge is 2.65. The lowest BCUT2D eigenvalue weighted by molar-refractivity contribution is 0.456. The molecule has 0 aliphatic heterocycles. The second-order valence-corrected chi connectivity index (χ2v) is 6.42. The van der Waals surface area contributed by atoms with E-state index >= 15 is 0 Å². The minimum absolute atomic E-state index is 0.139. The summed E-state index contributed by atoms with van der Waals surface area (Å²) >= 11 is 5.81. The summed E-state index contributed by atoms with van der Waals surface area (Å²) in [5, 5.41) is 3.62. The predicted octanol–water partition coefficient (Wildman–Crippen LogP) is 3.52. The van der Waals surface area contributed by atoms with E-state index in [9.17, 15) is 4.39 Å². The van der Waals surface area contributed by atoms with E-state index in [1.54, 1.807) is 6.07 Å². The van der Waals surface area contributed by atoms with Gasteiger partial charge in [0.25, 0.3) is 0 Å². The van der Waals surface area contributed by atoms with E-state index in [2.05, 4.69) is 5.32 Å². The monoisotopic (exact) mass is 266 g/mol. The van der Waals surface area contributed by atoms with Crippen LogP contribution in [-0.4, -0.2) is 6.04 Å². The molecule has 0 saturated heterocycles. The maximum atomic E-state index is 13.2. The van der Waals surface area contributed by atoms with E-state index in [4.69, 9.17) is 17.3 Å². The molecule has 18 heavy (non-hydrogen) atoms. The molecular weight excluding hydrogens is 251 g/mol. The summed E-state index contributed by atoms with van der Waals surface area (Å²) in [5.74, 6) is 3.03. The molecule has 3 N–H and O–H groups in total. The van der Waals surface area contributed by atoms with Gasteiger partial charge in [-0.2, -0.15) is 0 Å². The molecular formula is C14H16ClFN2. The maximum absolute atomic E-state index is 13.2. The zero-order valence-corrected chi connectivity index (χ0v) is 10.8. The van der Waals surface area contributed by atoms with E-state index in [1.807, 2.05) is 0 Å². The van der Waals surface area contributed by atoms with Crippen LogP contribution in [0.15, 0.2) is 12.1 Å². The Morgan fingerprint density at radius 2 is 1.89 bits per heavy atom. The van der Waals surface area contributed by atoms with Crippen LogP contribution in [0, 0.1) is 29.5 Å². The van der Waals surface area contributed by atoms with Crippen molar-refractivity contribution in [2.24, 2.45) is 23.7 Å². The Labute approximate surface area is 111 Å². The normalized spacial score (nSPS) is 39.8. The predicted molar refractivity (Wildman–Crippen MR) is 71.0 cm³/mol. The third-order valence-electron chi connectivity index (χ3n) is 5.15. The van der Waals surface area contributed by atoms with Crippen molar-refractivity contribution in [1.82, 2.24) is 0 Å². The highest BCUT2D eigenvalue weighted by Crippen LogP contribution is 2.66. The second kappa shape index (κ2) is 3.53. The Morgan fingerprint density at radius 1 is 1.22 bits per heavy atom. The Morgan fingerprint density at radius 3 is 2.56 bits per heavy atom. The van der Waals surface area contributed by atoms with E-state index in [1.165, 1.54) is 25.3 Å². The first kappa shape index (κ1) is 10.9. The molecule has 4 rings (SSSR count). The Hall–Kier alpha value is -0.960. The van der Waals surface area contributed by atoms with Crippen LogP contribution in [0.2, 0.25) is 5.02 Å². The minimum Gasteiger partial charge on any atom is -0.397 e. The molecule has 1 aromatic carbocycles. The molecule has 4 atom stereocenters. The lowest BCUT2D eigenvalue weighted by Gasteiger charge is -2.14. The molecule has 3 aliphatic rings. The van der Waals surface area contributed by atoms with Crippen LogP contribution in [0.5, 0.6) is 0 Å². The fourth-order valence-corrected chi connectivity index (χ4v) is 4.55. The highest BCUT2D eigenvalue weighted by atomic mass is 35.5. The first-order chi connectivity index (χ1) is 8.65. The number of nitrogens with two attached hydrogens (primary N) is 1. The summed E-state index contributed by atoms with van der Waals surface area (Å²) in [6, 6.07) is 3.46. The van der Waals surface area contributed by atoms with Crippen LogP contribution in [0.3, 0.4) is 0 Å². The fourth-order valence-electron chi connectivity index (χ4n) is 4.39. The molecule has 3 saturated carbocycles. The van der Waals surface area contributed by atoms with Crippen molar-refractivity contribution < 1.29 is 4.39 Å². The lowest BCUT2D eigenvalue weighted by atomic mass is 10.0. The van der Waals surface area contributed by atoms with E-state index < -0.39 is 5.82 Å². The highest BCUT2D eigenvalue weighted by molar-refractivity contribution is 6.31. The van der Waals surface area contributed by atoms with Crippen LogP contribution in [0.4, 0.5) is 15.8 Å². The van der Waals surface area contributed by atoms with E-state index in [0.29, 0.717) is 11.7 Å². The van der Waals surface area contributed by atoms with Gasteiger partial charge in [-0.1, -0.05) is 11.6 Å². The van der Waals surface area contributed by atoms with Crippen molar-refractivity contribution in [3.05, 3.63) is 23.0 Å². The molecule has 3 fully saturated rings. The number of hydrogen-bond acceptors (Lipinski definition) is 2. The standard InChI is InChI=1S/C14H16ClFN2/c15-8-4-11(10(17)5-9(8)16)18-14-12-6-1-2-7(3-6)13(12)14/h4-7,12-14,18H,1-3,17H2. The zero-order valence-electron chi connectivity index (χ0n) is 10.00. The van der Waals surface area contributed by atoms with Gasteiger partial charge in [-0.15, -0.1) is 0 Å². The SMILES string of the molecule is Nc1cc(F)c(Cl)cc1NC1C2C3CCC(C3)C12. The number of fused-ring (bicyclic) bond motifs is 5. The summed E-state index contributed by atoms with van der Waals surface area (Å²) in [6.45, 7) is 0. The molecule has 1 aromatic rings. The summed E-state index contributed by atoms with van der Waals surface area (Å²) < 4.78 is 13.2. The van der Waals surface area contributed by atoms with Crippen molar-refractivity contribution in [3.63, 3.8) is 0 Å². The van der Waals surface area contributed by atoms with Crippen LogP contribution in [0.25, 0.3) is 0 Å². The Balaban J connectivity index is 1.55. The van der Waals surface area contributed by atoms with Crippen LogP contribution in [0.1, 0.15) is 19.3 Å². The third-order valence-corrected chi connectivity index (χ3v) is 5.44. The van der Waals surface area contributed by atoms with Gasteiger partial charge in [0.2, 0.25) is 0 Å². The molecule has 0 aromatic heterocycles. The Bertz CT molecular complexity index is 503. The van der Waals surface area contributed by atoms with Gasteiger partial charge in [-0.25, -0.2) is 4.39 Å². The van der Waals surface area contributed by atoms with E-state index in [0.717, 1.165) is 29.4 Å². The average Bonchev–Trinajstić information content (AvgIpc) is 2.72. The molecule has 0 radical (unpaired) electrons. The van der Waals surface area contributed by atoms with Crippen LogP contribution < -0.4 is 11.1 Å². The molecule has 2 bridgehead atoms.